The topological polar surface area (TPSA) is 4.93 Å². The highest BCUT2D eigenvalue weighted by Gasteiger charge is 2.12. The lowest BCUT2D eigenvalue weighted by Gasteiger charge is -2.12. The van der Waals surface area contributed by atoms with Crippen molar-refractivity contribution in [2.45, 2.75) is 33.7 Å². The molecule has 1 aromatic heterocycles. The van der Waals surface area contributed by atoms with Crippen molar-refractivity contribution in [1.29, 1.82) is 0 Å². The lowest BCUT2D eigenvalue weighted by molar-refractivity contribution is 0.642. The molecule has 0 aliphatic carbocycles. The summed E-state index contributed by atoms with van der Waals surface area (Å²) in [5.41, 5.74) is 5.25. The van der Waals surface area contributed by atoms with Crippen LogP contribution in [0.15, 0.2) is 42.5 Å². The van der Waals surface area contributed by atoms with Crippen LogP contribution in [0.25, 0.3) is 27.9 Å². The Morgan fingerprint density at radius 2 is 1.60 bits per heavy atom. The van der Waals surface area contributed by atoms with E-state index in [1.165, 1.54) is 32.9 Å². The van der Waals surface area contributed by atoms with Gasteiger partial charge in [0.15, 0.2) is 0 Å². The predicted octanol–water partition coefficient (Wildman–Crippen LogP) is 5.72. The summed E-state index contributed by atoms with van der Waals surface area (Å²) >= 11 is 0. The van der Waals surface area contributed by atoms with Crippen LogP contribution in [-0.4, -0.2) is 4.57 Å². The van der Waals surface area contributed by atoms with Gasteiger partial charge in [0.1, 0.15) is 0 Å². The second-order valence-corrected chi connectivity index (χ2v) is 5.76. The first-order chi connectivity index (χ1) is 9.61. The first kappa shape index (κ1) is 13.0. The van der Waals surface area contributed by atoms with Gasteiger partial charge in [0.25, 0.3) is 0 Å². The fourth-order valence-corrected chi connectivity index (χ4v) is 3.03. The largest absolute Gasteiger partial charge is 0.338 e. The molecule has 0 unspecified atom stereocenters. The zero-order valence-corrected chi connectivity index (χ0v) is 12.6. The van der Waals surface area contributed by atoms with Crippen LogP contribution in [0.2, 0.25) is 0 Å². The predicted molar refractivity (Wildman–Crippen MR) is 89.3 cm³/mol. The van der Waals surface area contributed by atoms with Crippen LogP contribution in [0, 0.1) is 6.92 Å². The van der Waals surface area contributed by atoms with Crippen molar-refractivity contribution < 1.29 is 0 Å². The van der Waals surface area contributed by atoms with E-state index in [-0.39, 0.29) is 0 Å². The van der Waals surface area contributed by atoms with Gasteiger partial charge in [-0.25, -0.2) is 0 Å². The molecular formula is C19H21N. The third kappa shape index (κ3) is 1.94. The zero-order valence-electron chi connectivity index (χ0n) is 12.6. The van der Waals surface area contributed by atoms with Gasteiger partial charge in [0.2, 0.25) is 0 Å². The monoisotopic (exact) mass is 263 g/mol. The first-order valence-electron chi connectivity index (χ1n) is 7.29. The van der Waals surface area contributed by atoms with Crippen molar-refractivity contribution in [3.63, 3.8) is 0 Å². The van der Waals surface area contributed by atoms with Crippen LogP contribution in [-0.2, 0) is 0 Å². The molecule has 1 nitrogen and oxygen atoms in total. The smallest absolute Gasteiger partial charge is 0.0499 e. The molecule has 1 heterocycles. The van der Waals surface area contributed by atoms with E-state index in [0.29, 0.717) is 6.04 Å². The average Bonchev–Trinajstić information content (AvgIpc) is 2.71. The second-order valence-electron chi connectivity index (χ2n) is 5.76. The summed E-state index contributed by atoms with van der Waals surface area (Å²) in [6.07, 6.45) is 4.25. The van der Waals surface area contributed by atoms with Gasteiger partial charge in [-0.2, -0.15) is 0 Å². The Morgan fingerprint density at radius 3 is 2.25 bits per heavy atom. The summed E-state index contributed by atoms with van der Waals surface area (Å²) in [5.74, 6) is 0. The standard InChI is InChI=1S/C19H21N/c1-5-6-15-8-10-17-16-9-7-14(4)11-18(16)20(13(2)3)19(17)12-15/h5-13H,1-4H3/b6-5+. The lowest BCUT2D eigenvalue weighted by atomic mass is 10.1. The summed E-state index contributed by atoms with van der Waals surface area (Å²) < 4.78 is 2.45. The quantitative estimate of drug-likeness (QED) is 0.557. The molecule has 0 aliphatic rings. The summed E-state index contributed by atoms with van der Waals surface area (Å²) in [6.45, 7) is 8.73. The molecule has 0 saturated heterocycles. The van der Waals surface area contributed by atoms with Crippen molar-refractivity contribution in [2.24, 2.45) is 0 Å². The van der Waals surface area contributed by atoms with E-state index in [9.17, 15) is 0 Å². The van der Waals surface area contributed by atoms with E-state index < -0.39 is 0 Å². The van der Waals surface area contributed by atoms with Crippen molar-refractivity contribution in [3.05, 3.63) is 53.6 Å². The maximum absolute atomic E-state index is 2.45. The van der Waals surface area contributed by atoms with Crippen LogP contribution in [0.4, 0.5) is 0 Å². The molecule has 0 amide bonds. The number of rotatable bonds is 2. The summed E-state index contributed by atoms with van der Waals surface area (Å²) in [5, 5.41) is 2.70. The molecule has 0 bridgehead atoms. The van der Waals surface area contributed by atoms with Gasteiger partial charge in [-0.15, -0.1) is 0 Å². The van der Waals surface area contributed by atoms with Gasteiger partial charge in [-0.1, -0.05) is 36.4 Å². The number of fused-ring (bicyclic) bond motifs is 3. The number of hydrogen-bond donors (Lipinski definition) is 0. The van der Waals surface area contributed by atoms with Crippen LogP contribution in [0.5, 0.6) is 0 Å². The highest BCUT2D eigenvalue weighted by atomic mass is 15.0. The SMILES string of the molecule is C/C=C/c1ccc2c3ccc(C)cc3n(C(C)C)c2c1. The third-order valence-corrected chi connectivity index (χ3v) is 3.86. The molecule has 0 saturated carbocycles. The van der Waals surface area contributed by atoms with E-state index in [0.717, 1.165) is 0 Å². The van der Waals surface area contributed by atoms with Gasteiger partial charge in [-0.05, 0) is 51.0 Å². The molecule has 0 N–H and O–H groups in total. The Balaban J connectivity index is 2.46. The Bertz CT molecular complexity index is 803. The minimum absolute atomic E-state index is 0.456. The average molecular weight is 263 g/mol. The van der Waals surface area contributed by atoms with Crippen LogP contribution in [0.1, 0.15) is 37.9 Å². The third-order valence-electron chi connectivity index (χ3n) is 3.86. The fourth-order valence-electron chi connectivity index (χ4n) is 3.03. The van der Waals surface area contributed by atoms with Gasteiger partial charge >= 0.3 is 0 Å². The molecular weight excluding hydrogens is 242 g/mol. The zero-order chi connectivity index (χ0) is 14.3. The molecule has 1 heteroatoms. The number of allylic oxidation sites excluding steroid dienone is 1. The van der Waals surface area contributed by atoms with Crippen LogP contribution >= 0.6 is 0 Å². The van der Waals surface area contributed by atoms with Crippen LogP contribution < -0.4 is 0 Å². The van der Waals surface area contributed by atoms with Gasteiger partial charge < -0.3 is 4.57 Å². The number of aryl methyl sites for hydroxylation is 1. The second kappa shape index (κ2) is 4.82. The molecule has 2 aromatic carbocycles. The van der Waals surface area contributed by atoms with E-state index in [1.807, 2.05) is 0 Å². The molecule has 0 atom stereocenters. The summed E-state index contributed by atoms with van der Waals surface area (Å²) in [6, 6.07) is 14.0. The molecule has 3 rings (SSSR count). The Hall–Kier alpha value is -2.02. The van der Waals surface area contributed by atoms with Crippen molar-refractivity contribution in [1.82, 2.24) is 4.57 Å². The highest BCUT2D eigenvalue weighted by Crippen LogP contribution is 2.33. The Morgan fingerprint density at radius 1 is 0.950 bits per heavy atom. The van der Waals surface area contributed by atoms with Crippen molar-refractivity contribution in [2.75, 3.05) is 0 Å². The maximum atomic E-state index is 2.45. The van der Waals surface area contributed by atoms with Gasteiger partial charge in [-0.3, -0.25) is 0 Å². The normalized spacial score (nSPS) is 12.2. The number of nitrogens with zero attached hydrogens (tertiary/aromatic N) is 1. The number of benzene rings is 2. The van der Waals surface area contributed by atoms with Crippen molar-refractivity contribution >= 4 is 27.9 Å². The minimum atomic E-state index is 0.456. The molecule has 102 valence electrons. The molecule has 0 spiro atoms. The Kier molecular flexibility index (Phi) is 3.13. The summed E-state index contributed by atoms with van der Waals surface area (Å²) in [4.78, 5) is 0. The van der Waals surface area contributed by atoms with Crippen LogP contribution in [0.3, 0.4) is 0 Å². The first-order valence-corrected chi connectivity index (χ1v) is 7.29. The van der Waals surface area contributed by atoms with E-state index in [4.69, 9.17) is 0 Å². The molecule has 3 aromatic rings. The molecule has 0 aliphatic heterocycles. The van der Waals surface area contributed by atoms with E-state index in [2.05, 4.69) is 80.8 Å². The lowest BCUT2D eigenvalue weighted by Crippen LogP contribution is -2.00. The van der Waals surface area contributed by atoms with Gasteiger partial charge in [0, 0.05) is 27.8 Å². The van der Waals surface area contributed by atoms with Crippen molar-refractivity contribution in [3.8, 4) is 0 Å². The fraction of sp³-hybridized carbons (Fsp3) is 0.263. The molecule has 0 fully saturated rings. The van der Waals surface area contributed by atoms with E-state index >= 15 is 0 Å². The minimum Gasteiger partial charge on any atom is -0.338 e. The number of aromatic nitrogens is 1. The van der Waals surface area contributed by atoms with Gasteiger partial charge in [0.05, 0.1) is 0 Å². The molecule has 0 radical (unpaired) electrons. The maximum Gasteiger partial charge on any atom is 0.0499 e. The highest BCUT2D eigenvalue weighted by molar-refractivity contribution is 6.08. The summed E-state index contributed by atoms with van der Waals surface area (Å²) in [7, 11) is 0. The van der Waals surface area contributed by atoms with E-state index in [1.54, 1.807) is 0 Å². The number of hydrogen-bond acceptors (Lipinski definition) is 0. The molecule has 20 heavy (non-hydrogen) atoms. The Labute approximate surface area is 120 Å².